The summed E-state index contributed by atoms with van der Waals surface area (Å²) in [5.41, 5.74) is 6.40. The minimum Gasteiger partial charge on any atom is -0.398 e. The number of nitrogens with zero attached hydrogens (tertiary/aromatic N) is 1. The Kier molecular flexibility index (Phi) is 2.23. The fourth-order valence-corrected chi connectivity index (χ4v) is 2.58. The Hall–Kier alpha value is -1.09. The summed E-state index contributed by atoms with van der Waals surface area (Å²) in [5.74, 6) is 0. The molecule has 3 N–H and O–H groups in total. The molecule has 0 spiro atoms. The lowest BCUT2D eigenvalue weighted by Gasteiger charge is -2.37. The summed E-state index contributed by atoms with van der Waals surface area (Å²) in [6, 6.07) is 1.75. The van der Waals surface area contributed by atoms with Crippen LogP contribution in [-0.2, 0) is 5.60 Å². The van der Waals surface area contributed by atoms with Gasteiger partial charge in [-0.05, 0) is 30.7 Å². The van der Waals surface area contributed by atoms with Crippen LogP contribution in [0.15, 0.2) is 18.5 Å². The molecule has 3 nitrogen and oxygen atoms in total. The highest BCUT2D eigenvalue weighted by molar-refractivity contribution is 5.49. The molecular weight excluding hydrogens is 188 g/mol. The number of aliphatic hydroxyl groups is 1. The number of rotatable bonds is 1. The Labute approximate surface area is 90.3 Å². The first-order chi connectivity index (χ1) is 6.97. The zero-order chi connectivity index (χ0) is 11.1. The molecule has 82 valence electrons. The summed E-state index contributed by atoms with van der Waals surface area (Å²) in [7, 11) is 0. The number of hydrogen-bond donors (Lipinski definition) is 2. The van der Waals surface area contributed by atoms with Crippen molar-refractivity contribution in [1.82, 2.24) is 4.98 Å². The Morgan fingerprint density at radius 2 is 2.13 bits per heavy atom. The molecular formula is C12H18N2O. The van der Waals surface area contributed by atoms with Crippen LogP contribution in [0.3, 0.4) is 0 Å². The summed E-state index contributed by atoms with van der Waals surface area (Å²) in [6.07, 6.45) is 6.19. The van der Waals surface area contributed by atoms with Crippen molar-refractivity contribution in [3.63, 3.8) is 0 Å². The van der Waals surface area contributed by atoms with Crippen LogP contribution in [0, 0.1) is 5.41 Å². The van der Waals surface area contributed by atoms with Gasteiger partial charge in [0.05, 0.1) is 5.60 Å². The Morgan fingerprint density at radius 3 is 2.67 bits per heavy atom. The Morgan fingerprint density at radius 1 is 1.40 bits per heavy atom. The van der Waals surface area contributed by atoms with Gasteiger partial charge in [-0.2, -0.15) is 0 Å². The lowest BCUT2D eigenvalue weighted by Crippen LogP contribution is -2.37. The standard InChI is InChI=1S/C12H18N2O/c1-11(2)5-3-6-12(11,15)9-8-14-7-4-10(9)13/h4,7-8,15H,3,5-6H2,1-2H3,(H2,13,14). The van der Waals surface area contributed by atoms with Crippen molar-refractivity contribution in [3.8, 4) is 0 Å². The fraction of sp³-hybridized carbons (Fsp3) is 0.583. The summed E-state index contributed by atoms with van der Waals surface area (Å²) < 4.78 is 0. The van der Waals surface area contributed by atoms with Gasteiger partial charge in [-0.1, -0.05) is 13.8 Å². The minimum atomic E-state index is -0.814. The summed E-state index contributed by atoms with van der Waals surface area (Å²) >= 11 is 0. The molecule has 0 radical (unpaired) electrons. The first-order valence-electron chi connectivity index (χ1n) is 5.40. The second-order valence-corrected chi connectivity index (χ2v) is 5.06. The Bertz CT molecular complexity index is 376. The van der Waals surface area contributed by atoms with Gasteiger partial charge in [0, 0.05) is 23.6 Å². The van der Waals surface area contributed by atoms with Crippen LogP contribution >= 0.6 is 0 Å². The van der Waals surface area contributed by atoms with Gasteiger partial charge in [0.2, 0.25) is 0 Å². The third-order valence-electron chi connectivity index (χ3n) is 3.76. The van der Waals surface area contributed by atoms with E-state index in [0.29, 0.717) is 5.69 Å². The normalized spacial score (nSPS) is 29.3. The molecule has 0 aromatic carbocycles. The molecule has 1 saturated carbocycles. The zero-order valence-corrected chi connectivity index (χ0v) is 9.33. The van der Waals surface area contributed by atoms with E-state index < -0.39 is 5.60 Å². The molecule has 0 amide bonds. The van der Waals surface area contributed by atoms with Crippen molar-refractivity contribution >= 4 is 5.69 Å². The molecule has 3 heteroatoms. The quantitative estimate of drug-likeness (QED) is 0.739. The van der Waals surface area contributed by atoms with Crippen LogP contribution in [-0.4, -0.2) is 10.1 Å². The second-order valence-electron chi connectivity index (χ2n) is 5.06. The van der Waals surface area contributed by atoms with Crippen molar-refractivity contribution in [1.29, 1.82) is 0 Å². The molecule has 1 aromatic heterocycles. The highest BCUT2D eigenvalue weighted by atomic mass is 16.3. The predicted molar refractivity (Wildman–Crippen MR) is 60.2 cm³/mol. The third-order valence-corrected chi connectivity index (χ3v) is 3.76. The summed E-state index contributed by atoms with van der Waals surface area (Å²) in [6.45, 7) is 4.18. The fourth-order valence-electron chi connectivity index (χ4n) is 2.58. The molecule has 1 aliphatic carbocycles. The van der Waals surface area contributed by atoms with E-state index in [1.54, 1.807) is 18.5 Å². The average molecular weight is 206 g/mol. The number of nitrogen functional groups attached to an aromatic ring is 1. The number of anilines is 1. The molecule has 0 saturated heterocycles. The van der Waals surface area contributed by atoms with E-state index in [1.165, 1.54) is 0 Å². The van der Waals surface area contributed by atoms with Crippen molar-refractivity contribution in [2.24, 2.45) is 5.41 Å². The first kappa shape index (κ1) is 10.4. The summed E-state index contributed by atoms with van der Waals surface area (Å²) in [5, 5.41) is 10.8. The van der Waals surface area contributed by atoms with Crippen LogP contribution in [0.25, 0.3) is 0 Å². The number of pyridine rings is 1. The number of hydrogen-bond acceptors (Lipinski definition) is 3. The van der Waals surface area contributed by atoms with Gasteiger partial charge in [0.15, 0.2) is 0 Å². The first-order valence-corrected chi connectivity index (χ1v) is 5.40. The van der Waals surface area contributed by atoms with Gasteiger partial charge < -0.3 is 10.8 Å². The maximum atomic E-state index is 10.8. The molecule has 1 heterocycles. The van der Waals surface area contributed by atoms with Crippen molar-refractivity contribution in [3.05, 3.63) is 24.0 Å². The highest BCUT2D eigenvalue weighted by Gasteiger charge is 2.49. The monoisotopic (exact) mass is 206 g/mol. The highest BCUT2D eigenvalue weighted by Crippen LogP contribution is 2.53. The van der Waals surface area contributed by atoms with Gasteiger partial charge >= 0.3 is 0 Å². The van der Waals surface area contributed by atoms with Crippen molar-refractivity contribution < 1.29 is 5.11 Å². The number of aromatic nitrogens is 1. The van der Waals surface area contributed by atoms with E-state index in [0.717, 1.165) is 24.8 Å². The molecule has 1 fully saturated rings. The van der Waals surface area contributed by atoms with E-state index in [9.17, 15) is 5.11 Å². The van der Waals surface area contributed by atoms with Crippen LogP contribution in [0.4, 0.5) is 5.69 Å². The molecule has 15 heavy (non-hydrogen) atoms. The summed E-state index contributed by atoms with van der Waals surface area (Å²) in [4.78, 5) is 4.06. The SMILES string of the molecule is CC1(C)CCCC1(O)c1cnccc1N. The van der Waals surface area contributed by atoms with Gasteiger partial charge in [-0.15, -0.1) is 0 Å². The lowest BCUT2D eigenvalue weighted by atomic mass is 9.73. The van der Waals surface area contributed by atoms with Gasteiger partial charge in [-0.3, -0.25) is 4.98 Å². The molecule has 1 aromatic rings. The van der Waals surface area contributed by atoms with Gasteiger partial charge in [-0.25, -0.2) is 0 Å². The molecule has 1 atom stereocenters. The predicted octanol–water partition coefficient (Wildman–Crippen LogP) is 2.06. The van der Waals surface area contributed by atoms with Gasteiger partial charge in [0.1, 0.15) is 0 Å². The van der Waals surface area contributed by atoms with Gasteiger partial charge in [0.25, 0.3) is 0 Å². The minimum absolute atomic E-state index is 0.121. The second kappa shape index (κ2) is 3.20. The van der Waals surface area contributed by atoms with E-state index in [2.05, 4.69) is 18.8 Å². The van der Waals surface area contributed by atoms with Crippen molar-refractivity contribution in [2.75, 3.05) is 5.73 Å². The maximum absolute atomic E-state index is 10.8. The zero-order valence-electron chi connectivity index (χ0n) is 9.33. The van der Waals surface area contributed by atoms with Crippen LogP contribution in [0.5, 0.6) is 0 Å². The lowest BCUT2D eigenvalue weighted by molar-refractivity contribution is -0.0481. The Balaban J connectivity index is 2.50. The average Bonchev–Trinajstić information content (AvgIpc) is 2.43. The van der Waals surface area contributed by atoms with E-state index >= 15 is 0 Å². The largest absolute Gasteiger partial charge is 0.398 e. The van der Waals surface area contributed by atoms with Crippen LogP contribution < -0.4 is 5.73 Å². The number of nitrogens with two attached hydrogens (primary N) is 1. The van der Waals surface area contributed by atoms with Crippen LogP contribution in [0.2, 0.25) is 0 Å². The molecule has 2 rings (SSSR count). The molecule has 0 aliphatic heterocycles. The van der Waals surface area contributed by atoms with E-state index in [-0.39, 0.29) is 5.41 Å². The van der Waals surface area contributed by atoms with Crippen molar-refractivity contribution in [2.45, 2.75) is 38.7 Å². The molecule has 1 aliphatic rings. The molecule has 1 unspecified atom stereocenters. The van der Waals surface area contributed by atoms with E-state index in [4.69, 9.17) is 5.73 Å². The van der Waals surface area contributed by atoms with E-state index in [1.807, 2.05) is 0 Å². The third kappa shape index (κ3) is 1.42. The van der Waals surface area contributed by atoms with Crippen LogP contribution in [0.1, 0.15) is 38.7 Å². The topological polar surface area (TPSA) is 59.1 Å². The maximum Gasteiger partial charge on any atom is 0.0981 e. The smallest absolute Gasteiger partial charge is 0.0981 e. The molecule has 0 bridgehead atoms.